The third-order valence-electron chi connectivity index (χ3n) is 3.24. The van der Waals surface area contributed by atoms with Gasteiger partial charge in [0.05, 0.1) is 11.6 Å². The van der Waals surface area contributed by atoms with Crippen LogP contribution in [0.3, 0.4) is 0 Å². The third kappa shape index (κ3) is 4.62. The molecule has 23 heavy (non-hydrogen) atoms. The van der Waals surface area contributed by atoms with Crippen LogP contribution in [0.1, 0.15) is 38.3 Å². The number of hydroxylamine groups is 1. The van der Waals surface area contributed by atoms with E-state index in [1.807, 2.05) is 0 Å². The molecular weight excluding hydrogens is 316 g/mol. The van der Waals surface area contributed by atoms with Gasteiger partial charge in [0.15, 0.2) is 5.82 Å². The second-order valence-corrected chi connectivity index (χ2v) is 5.47. The van der Waals surface area contributed by atoms with Gasteiger partial charge in [-0.2, -0.15) is 0 Å². The molecule has 6 nitrogen and oxygen atoms in total. The quantitative estimate of drug-likeness (QED) is 0.328. The molecule has 0 saturated heterocycles. The second kappa shape index (κ2) is 8.42. The predicted octanol–water partition coefficient (Wildman–Crippen LogP) is 2.84. The number of anilines is 1. The lowest BCUT2D eigenvalue weighted by Gasteiger charge is -2.02. The van der Waals surface area contributed by atoms with Gasteiger partial charge in [-0.1, -0.05) is 37.3 Å². The lowest BCUT2D eigenvalue weighted by atomic mass is 10.2. The lowest BCUT2D eigenvalue weighted by Crippen LogP contribution is -2.27. The predicted molar refractivity (Wildman–Crippen MR) is 89.6 cm³/mol. The number of nitrogens with one attached hydrogen (secondary N) is 2. The van der Waals surface area contributed by atoms with Crippen LogP contribution >= 0.6 is 11.6 Å². The summed E-state index contributed by atoms with van der Waals surface area (Å²) >= 11 is 6.04. The zero-order valence-corrected chi connectivity index (χ0v) is 13.7. The van der Waals surface area contributed by atoms with Crippen molar-refractivity contribution in [3.05, 3.63) is 29.0 Å². The minimum atomic E-state index is -0.554. The Balaban J connectivity index is 2.28. The smallest absolute Gasteiger partial charge is 0.262 e. The summed E-state index contributed by atoms with van der Waals surface area (Å²) in [6.07, 6.45) is 5.89. The van der Waals surface area contributed by atoms with E-state index >= 15 is 0 Å². The highest BCUT2D eigenvalue weighted by atomic mass is 35.5. The maximum Gasteiger partial charge on any atom is 0.262 e. The summed E-state index contributed by atoms with van der Waals surface area (Å²) in [5.74, 6) is 6.16. The molecule has 0 spiro atoms. The Kier molecular flexibility index (Phi) is 6.27. The number of fused-ring (bicyclic) bond motifs is 1. The highest BCUT2D eigenvalue weighted by Crippen LogP contribution is 2.19. The van der Waals surface area contributed by atoms with Crippen LogP contribution in [-0.4, -0.2) is 27.0 Å². The van der Waals surface area contributed by atoms with E-state index in [2.05, 4.69) is 29.1 Å². The van der Waals surface area contributed by atoms with Crippen molar-refractivity contribution < 1.29 is 10.0 Å². The molecule has 2 aromatic heterocycles. The standard InChI is InChI=1S/C16H19ClN4O2/c1-2-3-4-5-6-7-13-16(18-10-15(22)20-23)19-14-9-8-12(17)11-21(13)14/h8-9,11,18,23H,2-5,10H2,1H3,(H,20,22). The molecule has 0 radical (unpaired) electrons. The molecule has 0 fully saturated rings. The number of imidazole rings is 1. The molecule has 0 bridgehead atoms. The van der Waals surface area contributed by atoms with Crippen molar-refractivity contribution >= 4 is 29.0 Å². The van der Waals surface area contributed by atoms with E-state index in [9.17, 15) is 4.79 Å². The Morgan fingerprint density at radius 3 is 3.00 bits per heavy atom. The van der Waals surface area contributed by atoms with E-state index < -0.39 is 5.91 Å². The fourth-order valence-corrected chi connectivity index (χ4v) is 2.24. The van der Waals surface area contributed by atoms with Crippen LogP contribution in [0.4, 0.5) is 5.82 Å². The number of pyridine rings is 1. The van der Waals surface area contributed by atoms with Crippen molar-refractivity contribution in [1.82, 2.24) is 14.9 Å². The maximum atomic E-state index is 11.2. The third-order valence-corrected chi connectivity index (χ3v) is 3.46. The normalized spacial score (nSPS) is 10.2. The fraction of sp³-hybridized carbons (Fsp3) is 0.375. The number of rotatable bonds is 6. The minimum absolute atomic E-state index is 0.0986. The molecule has 2 heterocycles. The molecular formula is C16H19ClN4O2. The molecule has 0 aliphatic heterocycles. The first-order chi connectivity index (χ1) is 11.2. The van der Waals surface area contributed by atoms with Crippen molar-refractivity contribution in [3.63, 3.8) is 0 Å². The van der Waals surface area contributed by atoms with Crippen LogP contribution in [0.5, 0.6) is 0 Å². The van der Waals surface area contributed by atoms with Crippen LogP contribution in [0.15, 0.2) is 18.3 Å². The Hall–Kier alpha value is -2.23. The molecule has 0 unspecified atom stereocenters. The number of carbonyl (C=O) groups excluding carboxylic acids is 1. The molecule has 0 aliphatic carbocycles. The average Bonchev–Trinajstić information content (AvgIpc) is 2.89. The first-order valence-corrected chi connectivity index (χ1v) is 7.86. The number of carbonyl (C=O) groups is 1. The number of halogens is 1. The summed E-state index contributed by atoms with van der Waals surface area (Å²) in [6.45, 7) is 2.05. The minimum Gasteiger partial charge on any atom is -0.359 e. The monoisotopic (exact) mass is 334 g/mol. The first kappa shape index (κ1) is 17.1. The fourth-order valence-electron chi connectivity index (χ4n) is 2.07. The number of hydrogen-bond acceptors (Lipinski definition) is 4. The molecule has 0 atom stereocenters. The van der Waals surface area contributed by atoms with Gasteiger partial charge in [-0.15, -0.1) is 0 Å². The van der Waals surface area contributed by atoms with Crippen molar-refractivity contribution in [1.29, 1.82) is 0 Å². The van der Waals surface area contributed by atoms with E-state index in [0.717, 1.165) is 25.7 Å². The van der Waals surface area contributed by atoms with Crippen LogP contribution < -0.4 is 10.8 Å². The van der Waals surface area contributed by atoms with Crippen LogP contribution in [0.2, 0.25) is 5.02 Å². The molecule has 122 valence electrons. The summed E-state index contributed by atoms with van der Waals surface area (Å²) in [6, 6.07) is 3.52. The number of unbranched alkanes of at least 4 members (excludes halogenated alkanes) is 3. The lowest BCUT2D eigenvalue weighted by molar-refractivity contribution is -0.127. The Bertz CT molecular complexity index is 746. The topological polar surface area (TPSA) is 78.7 Å². The van der Waals surface area contributed by atoms with Crippen molar-refractivity contribution in [3.8, 4) is 11.8 Å². The summed E-state index contributed by atoms with van der Waals surface area (Å²) < 4.78 is 1.79. The van der Waals surface area contributed by atoms with Gasteiger partial charge >= 0.3 is 0 Å². The summed E-state index contributed by atoms with van der Waals surface area (Å²) in [5, 5.41) is 12.0. The van der Waals surface area contributed by atoms with Gasteiger partial charge in [-0.05, 0) is 24.5 Å². The van der Waals surface area contributed by atoms with Crippen LogP contribution in [0.25, 0.3) is 5.65 Å². The van der Waals surface area contributed by atoms with Gasteiger partial charge in [0.2, 0.25) is 0 Å². The molecule has 3 N–H and O–H groups in total. The maximum absolute atomic E-state index is 11.2. The number of hydrogen-bond donors (Lipinski definition) is 3. The summed E-state index contributed by atoms with van der Waals surface area (Å²) in [7, 11) is 0. The van der Waals surface area contributed by atoms with Crippen molar-refractivity contribution in [2.75, 3.05) is 11.9 Å². The first-order valence-electron chi connectivity index (χ1n) is 7.49. The zero-order valence-electron chi connectivity index (χ0n) is 12.9. The van der Waals surface area contributed by atoms with E-state index in [1.165, 1.54) is 0 Å². The molecule has 0 aromatic carbocycles. The van der Waals surface area contributed by atoms with Crippen LogP contribution in [-0.2, 0) is 4.79 Å². The second-order valence-electron chi connectivity index (χ2n) is 5.03. The average molecular weight is 335 g/mol. The van der Waals surface area contributed by atoms with Crippen LogP contribution in [0, 0.1) is 11.8 Å². The Morgan fingerprint density at radius 2 is 2.26 bits per heavy atom. The number of nitrogens with zero attached hydrogens (tertiary/aromatic N) is 2. The highest BCUT2D eigenvalue weighted by Gasteiger charge is 2.11. The molecule has 7 heteroatoms. The molecule has 0 saturated carbocycles. The Morgan fingerprint density at radius 1 is 1.43 bits per heavy atom. The van der Waals surface area contributed by atoms with Gasteiger partial charge in [0.25, 0.3) is 5.91 Å². The van der Waals surface area contributed by atoms with E-state index in [4.69, 9.17) is 16.8 Å². The Labute approximate surface area is 139 Å². The van der Waals surface area contributed by atoms with E-state index in [-0.39, 0.29) is 6.54 Å². The molecule has 1 amide bonds. The number of amides is 1. The molecule has 2 rings (SSSR count). The van der Waals surface area contributed by atoms with Crippen molar-refractivity contribution in [2.45, 2.75) is 32.6 Å². The largest absolute Gasteiger partial charge is 0.359 e. The molecule has 2 aromatic rings. The number of aromatic nitrogens is 2. The van der Waals surface area contributed by atoms with Crippen molar-refractivity contribution in [2.24, 2.45) is 0 Å². The van der Waals surface area contributed by atoms with Gasteiger partial charge in [-0.25, -0.2) is 10.5 Å². The SMILES string of the molecule is CCCCCC#Cc1c(NCC(=O)NO)nc2ccc(Cl)cn12. The summed E-state index contributed by atoms with van der Waals surface area (Å²) in [5.41, 5.74) is 2.89. The molecule has 0 aliphatic rings. The van der Waals surface area contributed by atoms with Gasteiger partial charge in [0.1, 0.15) is 11.3 Å². The van der Waals surface area contributed by atoms with Gasteiger partial charge in [0, 0.05) is 12.6 Å². The van der Waals surface area contributed by atoms with Gasteiger partial charge in [-0.3, -0.25) is 14.4 Å². The van der Waals surface area contributed by atoms with E-state index in [0.29, 0.717) is 22.2 Å². The summed E-state index contributed by atoms with van der Waals surface area (Å²) in [4.78, 5) is 15.6. The highest BCUT2D eigenvalue weighted by molar-refractivity contribution is 6.30. The van der Waals surface area contributed by atoms with E-state index in [1.54, 1.807) is 28.2 Å². The zero-order chi connectivity index (χ0) is 16.7. The van der Waals surface area contributed by atoms with Gasteiger partial charge < -0.3 is 5.32 Å².